The van der Waals surface area contributed by atoms with Crippen LogP contribution in [0, 0.1) is 20.8 Å². The summed E-state index contributed by atoms with van der Waals surface area (Å²) in [5.41, 5.74) is 8.28. The minimum absolute atomic E-state index is 0.855. The van der Waals surface area contributed by atoms with E-state index in [1.54, 1.807) is 6.20 Å². The molecule has 2 aromatic carbocycles. The quantitative estimate of drug-likeness (QED) is 0.443. The van der Waals surface area contributed by atoms with Gasteiger partial charge in [0.15, 0.2) is 0 Å². The minimum atomic E-state index is 0.855. The van der Waals surface area contributed by atoms with Crippen molar-refractivity contribution in [3.05, 3.63) is 88.9 Å². The van der Waals surface area contributed by atoms with Gasteiger partial charge < -0.3 is 4.98 Å². The minimum Gasteiger partial charge on any atom is -0.353 e. The van der Waals surface area contributed by atoms with Crippen LogP contribution in [0.5, 0.6) is 0 Å². The summed E-state index contributed by atoms with van der Waals surface area (Å²) in [6.45, 7) is 6.30. The van der Waals surface area contributed by atoms with Crippen molar-refractivity contribution in [2.24, 2.45) is 9.98 Å². The first-order chi connectivity index (χ1) is 13.6. The van der Waals surface area contributed by atoms with Crippen LogP contribution in [0.1, 0.15) is 28.1 Å². The lowest BCUT2D eigenvalue weighted by Crippen LogP contribution is -1.87. The van der Waals surface area contributed by atoms with Crippen LogP contribution in [0.3, 0.4) is 0 Å². The molecule has 2 heterocycles. The van der Waals surface area contributed by atoms with Crippen molar-refractivity contribution < 1.29 is 0 Å². The smallest absolute Gasteiger partial charge is 0.0958 e. The molecule has 0 saturated heterocycles. The number of benzene rings is 2. The lowest BCUT2D eigenvalue weighted by Gasteiger charge is -2.05. The van der Waals surface area contributed by atoms with Gasteiger partial charge in [-0.1, -0.05) is 35.9 Å². The average Bonchev–Trinajstić information content (AvgIpc) is 3.13. The Morgan fingerprint density at radius 3 is 2.25 bits per heavy atom. The van der Waals surface area contributed by atoms with Crippen LogP contribution in [0.15, 0.2) is 70.8 Å². The highest BCUT2D eigenvalue weighted by molar-refractivity contribution is 5.92. The zero-order chi connectivity index (χ0) is 19.5. The normalized spacial score (nSPS) is 11.8. The first kappa shape index (κ1) is 17.9. The molecule has 4 nitrogen and oxygen atoms in total. The molecule has 0 aliphatic carbocycles. The van der Waals surface area contributed by atoms with E-state index in [1.165, 1.54) is 16.7 Å². The fourth-order valence-electron chi connectivity index (χ4n) is 3.42. The molecule has 0 amide bonds. The van der Waals surface area contributed by atoms with Crippen molar-refractivity contribution in [1.29, 1.82) is 0 Å². The van der Waals surface area contributed by atoms with E-state index in [-0.39, 0.29) is 0 Å². The van der Waals surface area contributed by atoms with E-state index in [4.69, 9.17) is 0 Å². The number of hydrogen-bond acceptors (Lipinski definition) is 3. The molecule has 0 bridgehead atoms. The van der Waals surface area contributed by atoms with Crippen LogP contribution < -0.4 is 0 Å². The van der Waals surface area contributed by atoms with Crippen molar-refractivity contribution in [1.82, 2.24) is 9.97 Å². The molecule has 28 heavy (non-hydrogen) atoms. The Hall–Kier alpha value is -3.53. The number of para-hydroxylation sites is 1. The molecule has 0 spiro atoms. The predicted molar refractivity (Wildman–Crippen MR) is 118 cm³/mol. The van der Waals surface area contributed by atoms with Gasteiger partial charge in [-0.3, -0.25) is 15.0 Å². The van der Waals surface area contributed by atoms with Crippen molar-refractivity contribution in [3.63, 3.8) is 0 Å². The lowest BCUT2D eigenvalue weighted by molar-refractivity contribution is 1.28. The molecular formula is C24H22N4. The zero-order valence-corrected chi connectivity index (χ0v) is 16.3. The number of nitrogens with one attached hydrogen (secondary N) is 1. The molecular weight excluding hydrogens is 344 g/mol. The summed E-state index contributed by atoms with van der Waals surface area (Å²) in [5.74, 6) is 0. The Labute approximate surface area is 164 Å². The van der Waals surface area contributed by atoms with Gasteiger partial charge in [0.2, 0.25) is 0 Å². The zero-order valence-electron chi connectivity index (χ0n) is 16.3. The van der Waals surface area contributed by atoms with Gasteiger partial charge in [0.1, 0.15) is 0 Å². The number of aliphatic imine (C=N–C) groups is 2. The van der Waals surface area contributed by atoms with Gasteiger partial charge in [0.25, 0.3) is 0 Å². The van der Waals surface area contributed by atoms with E-state index in [9.17, 15) is 0 Å². The maximum absolute atomic E-state index is 4.68. The summed E-state index contributed by atoms with van der Waals surface area (Å²) >= 11 is 0. The van der Waals surface area contributed by atoms with Crippen LogP contribution in [0.25, 0.3) is 10.9 Å². The van der Waals surface area contributed by atoms with Gasteiger partial charge in [-0.15, -0.1) is 0 Å². The Morgan fingerprint density at radius 2 is 1.50 bits per heavy atom. The van der Waals surface area contributed by atoms with E-state index in [2.05, 4.69) is 52.9 Å². The first-order valence-corrected chi connectivity index (χ1v) is 9.29. The monoisotopic (exact) mass is 366 g/mol. The Balaban J connectivity index is 1.56. The summed E-state index contributed by atoms with van der Waals surface area (Å²) in [5, 5.41) is 1.08. The molecule has 2 aromatic heterocycles. The van der Waals surface area contributed by atoms with Gasteiger partial charge >= 0.3 is 0 Å². The lowest BCUT2D eigenvalue weighted by atomic mass is 10.1. The average molecular weight is 366 g/mol. The van der Waals surface area contributed by atoms with Crippen LogP contribution in [-0.4, -0.2) is 22.4 Å². The van der Waals surface area contributed by atoms with E-state index < -0.39 is 0 Å². The van der Waals surface area contributed by atoms with Gasteiger partial charge in [-0.25, -0.2) is 0 Å². The van der Waals surface area contributed by atoms with Gasteiger partial charge in [-0.2, -0.15) is 0 Å². The fourth-order valence-corrected chi connectivity index (χ4v) is 3.42. The molecule has 0 atom stereocenters. The second-order valence-corrected chi connectivity index (χ2v) is 6.98. The number of pyridine rings is 1. The van der Waals surface area contributed by atoms with Crippen LogP contribution in [0.2, 0.25) is 0 Å². The standard InChI is InChI=1S/C24H22N4/c1-16-12-17(2)23(18(3)13-16)27-15-21-10-9-20(28-21)14-26-22-8-4-6-19-7-5-11-25-24(19)22/h4-15,28H,1-3H3. The highest BCUT2D eigenvalue weighted by Crippen LogP contribution is 2.25. The number of H-pyrrole nitrogens is 1. The summed E-state index contributed by atoms with van der Waals surface area (Å²) in [4.78, 5) is 17.1. The molecule has 0 radical (unpaired) electrons. The van der Waals surface area contributed by atoms with Gasteiger partial charge in [0, 0.05) is 11.6 Å². The summed E-state index contributed by atoms with van der Waals surface area (Å²) in [6, 6.07) is 18.3. The van der Waals surface area contributed by atoms with Crippen LogP contribution in [0.4, 0.5) is 11.4 Å². The number of aryl methyl sites for hydroxylation is 3. The molecule has 0 unspecified atom stereocenters. The molecule has 0 saturated carbocycles. The highest BCUT2D eigenvalue weighted by atomic mass is 14.8. The van der Waals surface area contributed by atoms with Crippen molar-refractivity contribution in [2.45, 2.75) is 20.8 Å². The summed E-state index contributed by atoms with van der Waals surface area (Å²) in [6.07, 6.45) is 5.48. The van der Waals surface area contributed by atoms with E-state index >= 15 is 0 Å². The number of hydrogen-bond donors (Lipinski definition) is 1. The number of fused-ring (bicyclic) bond motifs is 1. The third kappa shape index (κ3) is 3.76. The van der Waals surface area contributed by atoms with E-state index in [0.29, 0.717) is 0 Å². The largest absolute Gasteiger partial charge is 0.353 e. The molecule has 4 heteroatoms. The maximum Gasteiger partial charge on any atom is 0.0958 e. The summed E-state index contributed by atoms with van der Waals surface area (Å²) in [7, 11) is 0. The van der Waals surface area contributed by atoms with Crippen molar-refractivity contribution in [2.75, 3.05) is 0 Å². The molecule has 0 aliphatic heterocycles. The van der Waals surface area contributed by atoms with Crippen molar-refractivity contribution >= 4 is 34.7 Å². The number of nitrogens with zero attached hydrogens (tertiary/aromatic N) is 3. The second kappa shape index (κ2) is 7.61. The third-order valence-electron chi connectivity index (χ3n) is 4.65. The van der Waals surface area contributed by atoms with Crippen molar-refractivity contribution in [3.8, 4) is 0 Å². The SMILES string of the molecule is Cc1cc(C)c(N=Cc2ccc(C=Nc3cccc4cccnc34)[nH]2)c(C)c1. The topological polar surface area (TPSA) is 53.4 Å². The Bertz CT molecular complexity index is 1170. The molecule has 4 aromatic rings. The Morgan fingerprint density at radius 1 is 0.821 bits per heavy atom. The summed E-state index contributed by atoms with van der Waals surface area (Å²) < 4.78 is 0. The van der Waals surface area contributed by atoms with Crippen LogP contribution >= 0.6 is 0 Å². The number of aromatic nitrogens is 2. The Kier molecular flexibility index (Phi) is 4.85. The fraction of sp³-hybridized carbons (Fsp3) is 0.125. The second-order valence-electron chi connectivity index (χ2n) is 6.98. The first-order valence-electron chi connectivity index (χ1n) is 9.29. The molecule has 0 aliphatic rings. The molecule has 4 rings (SSSR count). The van der Waals surface area contributed by atoms with Gasteiger partial charge in [0.05, 0.1) is 40.7 Å². The van der Waals surface area contributed by atoms with E-state index in [1.807, 2.05) is 54.9 Å². The molecule has 1 N–H and O–H groups in total. The maximum atomic E-state index is 4.68. The number of aromatic amines is 1. The van der Waals surface area contributed by atoms with Crippen LogP contribution in [-0.2, 0) is 0 Å². The number of rotatable bonds is 4. The predicted octanol–water partition coefficient (Wildman–Crippen LogP) is 5.99. The molecule has 0 fully saturated rings. The third-order valence-corrected chi connectivity index (χ3v) is 4.65. The molecule has 138 valence electrons. The highest BCUT2D eigenvalue weighted by Gasteiger charge is 2.03. The van der Waals surface area contributed by atoms with E-state index in [0.717, 1.165) is 33.7 Å². The van der Waals surface area contributed by atoms with Gasteiger partial charge in [-0.05, 0) is 56.2 Å².